The Bertz CT molecular complexity index is 293. The molecule has 17 heavy (non-hydrogen) atoms. The van der Waals surface area contributed by atoms with Crippen LogP contribution in [-0.4, -0.2) is 11.6 Å². The molecule has 2 saturated carbocycles. The van der Waals surface area contributed by atoms with E-state index in [-0.39, 0.29) is 11.8 Å². The Kier molecular flexibility index (Phi) is 4.57. The van der Waals surface area contributed by atoms with E-state index in [1.165, 1.54) is 37.8 Å². The van der Waals surface area contributed by atoms with Crippen LogP contribution in [0.2, 0.25) is 0 Å². The van der Waals surface area contributed by atoms with Gasteiger partial charge in [-0.2, -0.15) is 5.10 Å². The minimum Gasteiger partial charge on any atom is -0.273 e. The van der Waals surface area contributed by atoms with Crippen molar-refractivity contribution in [2.45, 2.75) is 64.7 Å². The molecule has 3 nitrogen and oxygen atoms in total. The van der Waals surface area contributed by atoms with Crippen LogP contribution in [0.5, 0.6) is 0 Å². The number of amides is 1. The second-order valence-electron chi connectivity index (χ2n) is 5.69. The number of nitrogens with one attached hydrogen (secondary N) is 1. The smallest absolute Gasteiger partial charge is 0.243 e. The molecule has 1 atom stereocenters. The number of hydrazone groups is 1. The molecule has 2 aliphatic carbocycles. The first-order valence-electron chi connectivity index (χ1n) is 7.11. The first-order valence-corrected chi connectivity index (χ1v) is 7.11. The van der Waals surface area contributed by atoms with Crippen molar-refractivity contribution < 1.29 is 4.79 Å². The largest absolute Gasteiger partial charge is 0.273 e. The van der Waals surface area contributed by atoms with Crippen LogP contribution in [-0.2, 0) is 4.79 Å². The fourth-order valence-electron chi connectivity index (χ4n) is 2.95. The Balaban J connectivity index is 1.79. The van der Waals surface area contributed by atoms with Gasteiger partial charge in [0.2, 0.25) is 5.91 Å². The van der Waals surface area contributed by atoms with Crippen molar-refractivity contribution in [2.75, 3.05) is 0 Å². The van der Waals surface area contributed by atoms with E-state index in [4.69, 9.17) is 0 Å². The van der Waals surface area contributed by atoms with Crippen LogP contribution in [0.1, 0.15) is 64.7 Å². The molecule has 1 N–H and O–H groups in total. The number of hydrogen-bond donors (Lipinski definition) is 1. The molecule has 3 heteroatoms. The van der Waals surface area contributed by atoms with Crippen molar-refractivity contribution in [2.24, 2.45) is 16.9 Å². The summed E-state index contributed by atoms with van der Waals surface area (Å²) < 4.78 is 0. The quantitative estimate of drug-likeness (QED) is 0.735. The zero-order chi connectivity index (χ0) is 12.1. The average Bonchev–Trinajstić information content (AvgIpc) is 2.37. The van der Waals surface area contributed by atoms with Crippen molar-refractivity contribution in [1.82, 2.24) is 5.43 Å². The van der Waals surface area contributed by atoms with Gasteiger partial charge in [-0.3, -0.25) is 4.79 Å². The molecule has 0 bridgehead atoms. The van der Waals surface area contributed by atoms with Crippen molar-refractivity contribution >= 4 is 11.6 Å². The highest BCUT2D eigenvalue weighted by atomic mass is 16.2. The van der Waals surface area contributed by atoms with E-state index in [0.29, 0.717) is 0 Å². The molecule has 2 aliphatic rings. The summed E-state index contributed by atoms with van der Waals surface area (Å²) in [6.45, 7) is 2.26. The Hall–Kier alpha value is -0.860. The molecule has 0 saturated heterocycles. The monoisotopic (exact) mass is 236 g/mol. The van der Waals surface area contributed by atoms with Crippen LogP contribution < -0.4 is 5.43 Å². The molecule has 0 aliphatic heterocycles. The lowest BCUT2D eigenvalue weighted by atomic mass is 9.89. The van der Waals surface area contributed by atoms with Gasteiger partial charge in [-0.05, 0) is 44.4 Å². The SMILES string of the molecule is CC1CCC/C(=N\NC(=O)C2CCCCC2)C1. The van der Waals surface area contributed by atoms with E-state index >= 15 is 0 Å². The number of carbonyl (C=O) groups is 1. The highest BCUT2D eigenvalue weighted by molar-refractivity contribution is 5.87. The molecule has 2 rings (SSSR count). The Labute approximate surface area is 104 Å². The van der Waals surface area contributed by atoms with Crippen LogP contribution in [0.15, 0.2) is 5.10 Å². The number of hydrogen-bond acceptors (Lipinski definition) is 2. The highest BCUT2D eigenvalue weighted by Gasteiger charge is 2.21. The molecule has 0 aromatic carbocycles. The number of nitrogens with zero attached hydrogens (tertiary/aromatic N) is 1. The zero-order valence-electron chi connectivity index (χ0n) is 10.9. The third-order valence-electron chi connectivity index (χ3n) is 4.05. The first-order chi connectivity index (χ1) is 8.25. The molecule has 0 spiro atoms. The van der Waals surface area contributed by atoms with Gasteiger partial charge in [0.05, 0.1) is 0 Å². The molecule has 0 aromatic rings. The maximum atomic E-state index is 11.9. The maximum Gasteiger partial charge on any atom is 0.243 e. The van der Waals surface area contributed by atoms with Crippen LogP contribution in [0.4, 0.5) is 0 Å². The van der Waals surface area contributed by atoms with E-state index in [1.807, 2.05) is 0 Å². The van der Waals surface area contributed by atoms with Crippen LogP contribution in [0, 0.1) is 11.8 Å². The summed E-state index contributed by atoms with van der Waals surface area (Å²) in [6.07, 6.45) is 10.4. The summed E-state index contributed by atoms with van der Waals surface area (Å²) >= 11 is 0. The predicted molar refractivity (Wildman–Crippen MR) is 69.8 cm³/mol. The molecule has 0 radical (unpaired) electrons. The topological polar surface area (TPSA) is 41.5 Å². The summed E-state index contributed by atoms with van der Waals surface area (Å²) in [5, 5.41) is 4.33. The summed E-state index contributed by atoms with van der Waals surface area (Å²) in [7, 11) is 0. The van der Waals surface area contributed by atoms with Gasteiger partial charge in [-0.15, -0.1) is 0 Å². The van der Waals surface area contributed by atoms with E-state index in [2.05, 4.69) is 17.5 Å². The fraction of sp³-hybridized carbons (Fsp3) is 0.857. The second-order valence-corrected chi connectivity index (χ2v) is 5.69. The van der Waals surface area contributed by atoms with E-state index in [0.717, 1.165) is 31.6 Å². The van der Waals surface area contributed by atoms with Crippen molar-refractivity contribution in [3.05, 3.63) is 0 Å². The van der Waals surface area contributed by atoms with Crippen LogP contribution in [0.3, 0.4) is 0 Å². The fourth-order valence-corrected chi connectivity index (χ4v) is 2.95. The standard InChI is InChI=1S/C14H24N2O/c1-11-6-5-9-13(10-11)15-16-14(17)12-7-3-2-4-8-12/h11-12H,2-10H2,1H3,(H,16,17)/b15-13+. The Morgan fingerprint density at radius 1 is 1.18 bits per heavy atom. The van der Waals surface area contributed by atoms with Gasteiger partial charge in [0.15, 0.2) is 0 Å². The maximum absolute atomic E-state index is 11.9. The van der Waals surface area contributed by atoms with Gasteiger partial charge < -0.3 is 0 Å². The van der Waals surface area contributed by atoms with E-state index < -0.39 is 0 Å². The lowest BCUT2D eigenvalue weighted by Crippen LogP contribution is -2.29. The van der Waals surface area contributed by atoms with Gasteiger partial charge in [0.1, 0.15) is 0 Å². The lowest BCUT2D eigenvalue weighted by Gasteiger charge is -2.21. The van der Waals surface area contributed by atoms with Gasteiger partial charge >= 0.3 is 0 Å². The molecule has 0 heterocycles. The van der Waals surface area contributed by atoms with Crippen LogP contribution in [0.25, 0.3) is 0 Å². The van der Waals surface area contributed by atoms with Crippen molar-refractivity contribution in [3.8, 4) is 0 Å². The Morgan fingerprint density at radius 3 is 2.65 bits per heavy atom. The molecule has 2 fully saturated rings. The third-order valence-corrected chi connectivity index (χ3v) is 4.05. The van der Waals surface area contributed by atoms with Gasteiger partial charge in [-0.25, -0.2) is 5.43 Å². The summed E-state index contributed by atoms with van der Waals surface area (Å²) in [5.41, 5.74) is 3.98. The summed E-state index contributed by atoms with van der Waals surface area (Å²) in [6, 6.07) is 0. The lowest BCUT2D eigenvalue weighted by molar-refractivity contribution is -0.125. The Morgan fingerprint density at radius 2 is 1.94 bits per heavy atom. The minimum absolute atomic E-state index is 0.149. The zero-order valence-corrected chi connectivity index (χ0v) is 10.9. The molecular formula is C14H24N2O. The molecule has 1 unspecified atom stereocenters. The van der Waals surface area contributed by atoms with Gasteiger partial charge in [0.25, 0.3) is 0 Å². The average molecular weight is 236 g/mol. The predicted octanol–water partition coefficient (Wildman–Crippen LogP) is 3.25. The number of carbonyl (C=O) groups excluding carboxylic acids is 1. The summed E-state index contributed by atoms with van der Waals surface area (Å²) in [4.78, 5) is 11.9. The molecule has 1 amide bonds. The summed E-state index contributed by atoms with van der Waals surface area (Å²) in [5.74, 6) is 1.10. The van der Waals surface area contributed by atoms with Gasteiger partial charge in [-0.1, -0.05) is 26.2 Å². The molecular weight excluding hydrogens is 212 g/mol. The van der Waals surface area contributed by atoms with Gasteiger partial charge in [0, 0.05) is 11.6 Å². The van der Waals surface area contributed by atoms with Crippen molar-refractivity contribution in [3.63, 3.8) is 0 Å². The molecule has 0 aromatic heterocycles. The van der Waals surface area contributed by atoms with Crippen molar-refractivity contribution in [1.29, 1.82) is 0 Å². The van der Waals surface area contributed by atoms with Crippen LogP contribution >= 0.6 is 0 Å². The normalized spacial score (nSPS) is 29.2. The second kappa shape index (κ2) is 6.18. The minimum atomic E-state index is 0.149. The highest BCUT2D eigenvalue weighted by Crippen LogP contribution is 2.24. The number of rotatable bonds is 2. The van der Waals surface area contributed by atoms with E-state index in [1.54, 1.807) is 0 Å². The first kappa shape index (κ1) is 12.6. The molecule has 96 valence electrons. The van der Waals surface area contributed by atoms with E-state index in [9.17, 15) is 4.79 Å². The third kappa shape index (κ3) is 3.83.